The van der Waals surface area contributed by atoms with E-state index < -0.39 is 0 Å². The van der Waals surface area contributed by atoms with Crippen molar-refractivity contribution in [3.63, 3.8) is 0 Å². The third-order valence-electron chi connectivity index (χ3n) is 0. The van der Waals surface area contributed by atoms with Gasteiger partial charge in [0, 0.05) is 19.8 Å². The van der Waals surface area contributed by atoms with Gasteiger partial charge in [-0.2, -0.15) is 14.1 Å². The topological polar surface area (TPSA) is 14.1 Å². The van der Waals surface area contributed by atoms with Crippen LogP contribution in [0.3, 0.4) is 0 Å². The average Bonchev–Trinajstić information content (AvgIpc) is 0.918. The van der Waals surface area contributed by atoms with Crippen molar-refractivity contribution in [3.05, 3.63) is 5.32 Å². The quantitative estimate of drug-likeness (QED) is 0.576. The van der Waals surface area contributed by atoms with Gasteiger partial charge in [0.05, 0.1) is 0 Å². The molecule has 1 radical (unpaired) electrons. The van der Waals surface area contributed by atoms with Gasteiger partial charge in [-0.3, -0.25) is 0 Å². The average molecular weight is 335 g/mol. The van der Waals surface area contributed by atoms with Gasteiger partial charge in [-0.1, -0.05) is 0 Å². The van der Waals surface area contributed by atoms with E-state index in [2.05, 4.69) is 5.32 Å². The van der Waals surface area contributed by atoms with Crippen LogP contribution < -0.4 is 0 Å². The number of nitrogens with zero attached hydrogens (tertiary/aromatic N) is 1. The largest absolute Gasteiger partial charge is 1.00 e. The third-order valence-corrected chi connectivity index (χ3v) is 0. The maximum absolute atomic E-state index is 3.50. The fraction of sp³-hybridized carbons (Fsp3) is 1.00. The molecule has 0 saturated heterocycles. The number of hydrogen-bond donors (Lipinski definition) is 0. The van der Waals surface area contributed by atoms with Gasteiger partial charge in [0.1, 0.15) is 0 Å². The molecule has 0 spiro atoms. The van der Waals surface area contributed by atoms with Crippen molar-refractivity contribution in [2.75, 3.05) is 14.1 Å². The molecule has 0 aliphatic rings. The zero-order chi connectivity index (χ0) is 2.71. The normalized spacial score (nSPS) is 3.60. The Labute approximate surface area is 58.7 Å². The smallest absolute Gasteiger partial charge is 0.668 e. The van der Waals surface area contributed by atoms with Crippen molar-refractivity contribution in [2.24, 2.45) is 0 Å². The van der Waals surface area contributed by atoms with Gasteiger partial charge < -0.3 is 5.32 Å². The van der Waals surface area contributed by atoms with Crippen molar-refractivity contribution < 1.29 is 39.3 Å². The van der Waals surface area contributed by atoms with Crippen molar-refractivity contribution in [1.82, 2.24) is 0 Å². The van der Waals surface area contributed by atoms with Gasteiger partial charge in [-0.15, -0.1) is 0 Å². The second-order valence-corrected chi connectivity index (χ2v) is 0.447. The Kier molecular flexibility index (Phi) is 61.7. The predicted molar refractivity (Wildman–Crippen MR) is 15.2 cm³/mol. The van der Waals surface area contributed by atoms with Crippen molar-refractivity contribution in [3.8, 4) is 0 Å². The number of rotatable bonds is 0. The molecule has 0 bridgehead atoms. The van der Waals surface area contributed by atoms with Crippen LogP contribution in [0.1, 0.15) is 0 Å². The first-order chi connectivity index (χ1) is 1.41. The van der Waals surface area contributed by atoms with E-state index in [-0.39, 0.29) is 39.3 Å². The van der Waals surface area contributed by atoms with Gasteiger partial charge in [0.2, 0.25) is 0 Å². The minimum absolute atomic E-state index is 0. The summed E-state index contributed by atoms with van der Waals surface area (Å²) in [5.74, 6) is 0. The van der Waals surface area contributed by atoms with Gasteiger partial charge in [0.15, 0.2) is 0 Å². The molecule has 3 heteroatoms. The first-order valence-electron chi connectivity index (χ1n) is 0.894. The van der Waals surface area contributed by atoms with Crippen LogP contribution in [0.15, 0.2) is 0 Å². The molecule has 0 N–H and O–H groups in total. The zero-order valence-corrected chi connectivity index (χ0v) is 7.43. The fourth-order valence-corrected chi connectivity index (χ4v) is 0. The summed E-state index contributed by atoms with van der Waals surface area (Å²) in [7, 11) is 3.50. The van der Waals surface area contributed by atoms with E-state index in [1.807, 2.05) is 0 Å². The summed E-state index contributed by atoms with van der Waals surface area (Å²) in [6, 6.07) is 0. The van der Waals surface area contributed by atoms with E-state index in [1.54, 1.807) is 14.1 Å². The van der Waals surface area contributed by atoms with Crippen LogP contribution in [0, 0.1) is 0 Å². The summed E-state index contributed by atoms with van der Waals surface area (Å²) in [5.41, 5.74) is 0. The standard InChI is InChI=1S/C2H6N.Os.Ru/c1-3-2;;/h1-2H3;;/q-1;;+1. The second-order valence-electron chi connectivity index (χ2n) is 0.447. The summed E-state index contributed by atoms with van der Waals surface area (Å²) < 4.78 is 0. The van der Waals surface area contributed by atoms with Gasteiger partial charge in [0.25, 0.3) is 0 Å². The molecular formula is C2H6NOsRu. The summed E-state index contributed by atoms with van der Waals surface area (Å²) in [6.45, 7) is 0. The van der Waals surface area contributed by atoms with E-state index in [0.717, 1.165) is 0 Å². The zero-order valence-electron chi connectivity index (χ0n) is 3.15. The summed E-state index contributed by atoms with van der Waals surface area (Å²) in [5, 5.41) is 3.50. The first-order valence-corrected chi connectivity index (χ1v) is 0.894. The Bertz CT molecular complexity index is 9.61. The third kappa shape index (κ3) is 36.4. The molecule has 0 atom stereocenters. The summed E-state index contributed by atoms with van der Waals surface area (Å²) >= 11 is 0. The van der Waals surface area contributed by atoms with Crippen LogP contribution in [0.2, 0.25) is 0 Å². The van der Waals surface area contributed by atoms with E-state index in [4.69, 9.17) is 0 Å². The SMILES string of the molecule is C[N-]C.[Os].[Ru+]. The Hall–Kier alpha value is 1.22. The van der Waals surface area contributed by atoms with Crippen LogP contribution >= 0.6 is 0 Å². The molecule has 0 aromatic carbocycles. The Morgan fingerprint density at radius 1 is 1.20 bits per heavy atom. The van der Waals surface area contributed by atoms with E-state index in [0.29, 0.717) is 0 Å². The first kappa shape index (κ1) is 16.3. The monoisotopic (exact) mass is 338 g/mol. The van der Waals surface area contributed by atoms with E-state index in [9.17, 15) is 0 Å². The van der Waals surface area contributed by atoms with Crippen LogP contribution in [0.25, 0.3) is 5.32 Å². The molecule has 0 aromatic rings. The minimum atomic E-state index is 0. The van der Waals surface area contributed by atoms with Crippen molar-refractivity contribution in [1.29, 1.82) is 0 Å². The van der Waals surface area contributed by atoms with Crippen LogP contribution in [0.4, 0.5) is 0 Å². The summed E-state index contributed by atoms with van der Waals surface area (Å²) in [6.07, 6.45) is 0. The molecule has 1 nitrogen and oxygen atoms in total. The maximum Gasteiger partial charge on any atom is 1.00 e. The van der Waals surface area contributed by atoms with E-state index >= 15 is 0 Å². The van der Waals surface area contributed by atoms with Crippen LogP contribution in [-0.2, 0) is 39.3 Å². The Morgan fingerprint density at radius 2 is 1.20 bits per heavy atom. The molecule has 0 aliphatic heterocycles. The molecule has 0 fully saturated rings. The molecule has 0 unspecified atom stereocenters. The van der Waals surface area contributed by atoms with Crippen LogP contribution in [0.5, 0.6) is 0 Å². The number of hydrogen-bond acceptors (Lipinski definition) is 0. The maximum atomic E-state index is 3.50. The Balaban J connectivity index is -0.0000000200. The molecule has 0 saturated carbocycles. The van der Waals surface area contributed by atoms with Crippen LogP contribution in [-0.4, -0.2) is 14.1 Å². The second kappa shape index (κ2) is 18.9. The fourth-order valence-electron chi connectivity index (χ4n) is 0. The van der Waals surface area contributed by atoms with Gasteiger partial charge >= 0.3 is 19.5 Å². The molecular weight excluding hydrogens is 329 g/mol. The molecule has 0 aliphatic carbocycles. The Morgan fingerprint density at radius 3 is 1.20 bits per heavy atom. The van der Waals surface area contributed by atoms with E-state index in [1.165, 1.54) is 0 Å². The molecule has 0 amide bonds. The van der Waals surface area contributed by atoms with Gasteiger partial charge in [-0.25, -0.2) is 0 Å². The predicted octanol–water partition coefficient (Wildman–Crippen LogP) is 0.615. The molecule has 35 valence electrons. The molecule has 0 heterocycles. The summed E-state index contributed by atoms with van der Waals surface area (Å²) in [4.78, 5) is 0. The van der Waals surface area contributed by atoms with Crippen molar-refractivity contribution >= 4 is 0 Å². The molecule has 0 rings (SSSR count). The molecule has 0 aromatic heterocycles. The van der Waals surface area contributed by atoms with Crippen molar-refractivity contribution in [2.45, 2.75) is 0 Å². The minimum Gasteiger partial charge on any atom is -0.668 e. The molecule has 5 heavy (non-hydrogen) atoms. The van der Waals surface area contributed by atoms with Gasteiger partial charge in [-0.05, 0) is 0 Å².